The van der Waals surface area contributed by atoms with Gasteiger partial charge >= 0.3 is 0 Å². The van der Waals surface area contributed by atoms with Crippen LogP contribution in [0.4, 0.5) is 0 Å². The summed E-state index contributed by atoms with van der Waals surface area (Å²) in [6.45, 7) is 7.72. The van der Waals surface area contributed by atoms with Gasteiger partial charge in [0.1, 0.15) is 0 Å². The molecule has 3 N–H and O–H groups in total. The highest BCUT2D eigenvalue weighted by molar-refractivity contribution is 7.85. The van der Waals surface area contributed by atoms with E-state index in [0.717, 1.165) is 37.0 Å². The van der Waals surface area contributed by atoms with E-state index in [1.807, 2.05) is 0 Å². The first-order valence-electron chi connectivity index (χ1n) is 13.8. The standard InChI is InChI=1S/C27H47NO5S/c1-18(5-10-25(30)28-15-4-16-34(31,32)33)22-8-9-23-21-7-6-19-17-20(29)11-13-26(19,2)24(21)12-14-27(22,23)3/h18-24,29H,4-17H2,1-3H3,(H,28,30)(H,31,32,33)/t18-,19-,20-,21+,22-,23+,24+,26+,27-/m1/s1. The van der Waals surface area contributed by atoms with E-state index in [-0.39, 0.29) is 30.7 Å². The van der Waals surface area contributed by atoms with Gasteiger partial charge in [-0.05, 0) is 117 Å². The Balaban J connectivity index is 1.31. The Morgan fingerprint density at radius 1 is 1.03 bits per heavy atom. The molecule has 6 nitrogen and oxygen atoms in total. The van der Waals surface area contributed by atoms with Crippen molar-refractivity contribution < 1.29 is 22.9 Å². The maximum Gasteiger partial charge on any atom is 0.264 e. The van der Waals surface area contributed by atoms with E-state index in [4.69, 9.17) is 4.55 Å². The molecule has 0 heterocycles. The van der Waals surface area contributed by atoms with Gasteiger partial charge in [-0.25, -0.2) is 0 Å². The molecule has 4 aliphatic rings. The normalized spacial score (nSPS) is 42.9. The van der Waals surface area contributed by atoms with Crippen molar-refractivity contribution in [1.29, 1.82) is 0 Å². The maximum absolute atomic E-state index is 12.3. The van der Waals surface area contributed by atoms with E-state index in [2.05, 4.69) is 26.1 Å². The van der Waals surface area contributed by atoms with Gasteiger partial charge in [-0.1, -0.05) is 20.8 Å². The van der Waals surface area contributed by atoms with Crippen LogP contribution in [0.15, 0.2) is 0 Å². The van der Waals surface area contributed by atoms with Crippen LogP contribution in [0, 0.1) is 46.3 Å². The Labute approximate surface area is 206 Å². The van der Waals surface area contributed by atoms with Crippen molar-refractivity contribution in [3.63, 3.8) is 0 Å². The van der Waals surface area contributed by atoms with Gasteiger partial charge < -0.3 is 10.4 Å². The van der Waals surface area contributed by atoms with Gasteiger partial charge in [0, 0.05) is 13.0 Å². The predicted molar refractivity (Wildman–Crippen MR) is 134 cm³/mol. The molecule has 4 fully saturated rings. The quantitative estimate of drug-likeness (QED) is 0.330. The van der Waals surface area contributed by atoms with Crippen molar-refractivity contribution >= 4 is 16.0 Å². The Morgan fingerprint density at radius 2 is 1.74 bits per heavy atom. The van der Waals surface area contributed by atoms with E-state index in [1.54, 1.807) is 0 Å². The fourth-order valence-corrected chi connectivity index (χ4v) is 9.85. The van der Waals surface area contributed by atoms with Gasteiger partial charge in [0.15, 0.2) is 0 Å². The molecular weight excluding hydrogens is 450 g/mol. The number of fused-ring (bicyclic) bond motifs is 5. The number of aliphatic hydroxyl groups excluding tert-OH is 1. The first kappa shape index (κ1) is 26.4. The monoisotopic (exact) mass is 497 g/mol. The molecule has 0 aliphatic heterocycles. The highest BCUT2D eigenvalue weighted by atomic mass is 32.2. The molecule has 4 rings (SSSR count). The van der Waals surface area contributed by atoms with Crippen LogP contribution in [-0.4, -0.2) is 42.4 Å². The molecule has 34 heavy (non-hydrogen) atoms. The summed E-state index contributed by atoms with van der Waals surface area (Å²) in [5, 5.41) is 13.1. The summed E-state index contributed by atoms with van der Waals surface area (Å²) in [5.74, 6) is 4.01. The average molecular weight is 498 g/mol. The van der Waals surface area contributed by atoms with Crippen molar-refractivity contribution in [2.24, 2.45) is 46.3 Å². The zero-order valence-electron chi connectivity index (χ0n) is 21.5. The number of hydrogen-bond donors (Lipinski definition) is 3. The lowest BCUT2D eigenvalue weighted by Crippen LogP contribution is -2.54. The first-order valence-corrected chi connectivity index (χ1v) is 15.4. The van der Waals surface area contributed by atoms with Crippen LogP contribution >= 0.6 is 0 Å². The molecule has 4 saturated carbocycles. The third kappa shape index (κ3) is 5.22. The summed E-state index contributed by atoms with van der Waals surface area (Å²) in [6.07, 6.45) is 12.6. The lowest BCUT2D eigenvalue weighted by molar-refractivity contribution is -0.129. The SMILES string of the molecule is C[C@H](CCC(=O)NCCCS(=O)(=O)O)[C@H]1CC[C@H]2[C@@H]3CC[C@@H]4C[C@H](O)CC[C@]4(C)[C@H]3CC[C@]12C. The summed E-state index contributed by atoms with van der Waals surface area (Å²) < 4.78 is 30.4. The van der Waals surface area contributed by atoms with Gasteiger partial charge in [0.25, 0.3) is 10.1 Å². The zero-order chi connectivity index (χ0) is 24.7. The number of amides is 1. The highest BCUT2D eigenvalue weighted by Crippen LogP contribution is 2.68. The second-order valence-corrected chi connectivity index (χ2v) is 14.4. The van der Waals surface area contributed by atoms with Crippen molar-refractivity contribution in [2.75, 3.05) is 12.3 Å². The minimum atomic E-state index is -3.96. The van der Waals surface area contributed by atoms with E-state index in [0.29, 0.717) is 35.0 Å². The molecule has 7 heteroatoms. The average Bonchev–Trinajstić information content (AvgIpc) is 3.12. The fraction of sp³-hybridized carbons (Fsp3) is 0.963. The lowest BCUT2D eigenvalue weighted by atomic mass is 9.44. The number of carbonyl (C=O) groups is 1. The van der Waals surface area contributed by atoms with Crippen LogP contribution in [0.2, 0.25) is 0 Å². The Morgan fingerprint density at radius 3 is 2.47 bits per heavy atom. The van der Waals surface area contributed by atoms with E-state index < -0.39 is 10.1 Å². The Hall–Kier alpha value is -0.660. The summed E-state index contributed by atoms with van der Waals surface area (Å²) in [7, 11) is -3.96. The van der Waals surface area contributed by atoms with Crippen molar-refractivity contribution in [3.8, 4) is 0 Å². The van der Waals surface area contributed by atoms with Gasteiger partial charge in [0.2, 0.25) is 5.91 Å². The lowest BCUT2D eigenvalue weighted by Gasteiger charge is -2.61. The van der Waals surface area contributed by atoms with Gasteiger partial charge in [0.05, 0.1) is 11.9 Å². The molecule has 9 atom stereocenters. The topological polar surface area (TPSA) is 104 Å². The van der Waals surface area contributed by atoms with Crippen molar-refractivity contribution in [3.05, 3.63) is 0 Å². The molecule has 0 aromatic rings. The van der Waals surface area contributed by atoms with Gasteiger partial charge in [-0.15, -0.1) is 0 Å². The molecule has 196 valence electrons. The summed E-state index contributed by atoms with van der Waals surface area (Å²) in [6, 6.07) is 0. The minimum Gasteiger partial charge on any atom is -0.393 e. The molecule has 4 aliphatic carbocycles. The molecule has 0 aromatic carbocycles. The molecule has 0 unspecified atom stereocenters. The fourth-order valence-electron chi connectivity index (χ4n) is 9.34. The predicted octanol–water partition coefficient (Wildman–Crippen LogP) is 4.82. The molecule has 0 bridgehead atoms. The van der Waals surface area contributed by atoms with Crippen LogP contribution in [-0.2, 0) is 14.9 Å². The van der Waals surface area contributed by atoms with Crippen molar-refractivity contribution in [1.82, 2.24) is 5.32 Å². The van der Waals surface area contributed by atoms with Crippen LogP contribution in [0.25, 0.3) is 0 Å². The number of nitrogens with one attached hydrogen (secondary N) is 1. The first-order chi connectivity index (χ1) is 15.9. The van der Waals surface area contributed by atoms with Crippen LogP contribution in [0.5, 0.6) is 0 Å². The third-order valence-corrected chi connectivity index (χ3v) is 11.9. The molecule has 0 radical (unpaired) electrons. The Kier molecular flexibility index (Phi) is 7.77. The van der Waals surface area contributed by atoms with E-state index in [1.165, 1.54) is 44.9 Å². The zero-order valence-corrected chi connectivity index (χ0v) is 22.3. The second-order valence-electron chi connectivity index (χ2n) is 12.8. The van der Waals surface area contributed by atoms with E-state index >= 15 is 0 Å². The maximum atomic E-state index is 12.3. The minimum absolute atomic E-state index is 0.0173. The number of rotatable bonds is 8. The number of aliphatic hydroxyl groups is 1. The molecule has 1 amide bonds. The smallest absolute Gasteiger partial charge is 0.264 e. The van der Waals surface area contributed by atoms with Crippen molar-refractivity contribution in [2.45, 2.75) is 104 Å². The van der Waals surface area contributed by atoms with Crippen LogP contribution in [0.3, 0.4) is 0 Å². The largest absolute Gasteiger partial charge is 0.393 e. The van der Waals surface area contributed by atoms with Crippen LogP contribution < -0.4 is 5.32 Å². The molecule has 0 aromatic heterocycles. The van der Waals surface area contributed by atoms with Gasteiger partial charge in [-0.3, -0.25) is 9.35 Å². The Bertz CT molecular complexity index is 846. The molecule has 0 spiro atoms. The van der Waals surface area contributed by atoms with E-state index in [9.17, 15) is 18.3 Å². The number of carbonyl (C=O) groups excluding carboxylic acids is 1. The van der Waals surface area contributed by atoms with Gasteiger partial charge in [-0.2, -0.15) is 8.42 Å². The summed E-state index contributed by atoms with van der Waals surface area (Å²) in [5.41, 5.74) is 0.796. The number of hydrogen-bond acceptors (Lipinski definition) is 4. The third-order valence-electron chi connectivity index (χ3n) is 11.1. The highest BCUT2D eigenvalue weighted by Gasteiger charge is 2.60. The molecule has 0 saturated heterocycles. The summed E-state index contributed by atoms with van der Waals surface area (Å²) in [4.78, 5) is 12.3. The molecular formula is C27H47NO5S. The summed E-state index contributed by atoms with van der Waals surface area (Å²) >= 11 is 0. The van der Waals surface area contributed by atoms with Crippen LogP contribution in [0.1, 0.15) is 97.8 Å². The second kappa shape index (κ2) is 10.0.